The van der Waals surface area contributed by atoms with Gasteiger partial charge in [-0.15, -0.1) is 0 Å². The summed E-state index contributed by atoms with van der Waals surface area (Å²) in [7, 11) is 0. The van der Waals surface area contributed by atoms with Crippen molar-refractivity contribution in [3.63, 3.8) is 0 Å². The van der Waals surface area contributed by atoms with Crippen LogP contribution in [0.2, 0.25) is 0 Å². The smallest absolute Gasteiger partial charge is 0.414 e. The number of H-pyrrole nitrogens is 1. The number of benzene rings is 3. The topological polar surface area (TPSA) is 126 Å². The van der Waals surface area contributed by atoms with E-state index in [-0.39, 0.29) is 31.1 Å². The molecule has 3 aromatic carbocycles. The van der Waals surface area contributed by atoms with Gasteiger partial charge in [-0.2, -0.15) is 0 Å². The number of amides is 2. The van der Waals surface area contributed by atoms with E-state index in [9.17, 15) is 14.7 Å². The second kappa shape index (κ2) is 9.49. The molecule has 1 fully saturated rings. The van der Waals surface area contributed by atoms with Crippen LogP contribution in [-0.2, 0) is 26.5 Å². The van der Waals surface area contributed by atoms with Crippen LogP contribution in [0, 0.1) is 0 Å². The first-order valence-corrected chi connectivity index (χ1v) is 12.7. The molecular weight excluding hydrogens is 500 g/mol. The molecule has 10 nitrogen and oxygen atoms in total. The summed E-state index contributed by atoms with van der Waals surface area (Å²) in [5.74, 6) is -0.773. The van der Waals surface area contributed by atoms with Crippen molar-refractivity contribution in [3.8, 4) is 0 Å². The molecule has 0 saturated carbocycles. The SMILES string of the molecule is CC1(C)OC[C@@H](COC(=O)Nc2nc3ccc(C4(O)c5ccccc5C(=O)N4Cc4ccccc4)cc3[nH]2)O1. The van der Waals surface area contributed by atoms with Crippen molar-refractivity contribution in [2.24, 2.45) is 0 Å². The number of hydrogen-bond acceptors (Lipinski definition) is 7. The highest BCUT2D eigenvalue weighted by atomic mass is 16.7. The zero-order valence-corrected chi connectivity index (χ0v) is 21.5. The van der Waals surface area contributed by atoms with Crippen LogP contribution in [0.25, 0.3) is 11.0 Å². The van der Waals surface area contributed by atoms with Gasteiger partial charge in [-0.1, -0.05) is 54.6 Å². The summed E-state index contributed by atoms with van der Waals surface area (Å²) in [6.07, 6.45) is -1.04. The third-order valence-electron chi connectivity index (χ3n) is 6.92. The number of anilines is 1. The highest BCUT2D eigenvalue weighted by Crippen LogP contribution is 2.43. The Kier molecular flexibility index (Phi) is 6.10. The van der Waals surface area contributed by atoms with E-state index in [1.54, 1.807) is 56.3 Å². The van der Waals surface area contributed by atoms with Gasteiger partial charge in [0.1, 0.15) is 12.7 Å². The number of hydrogen-bond donors (Lipinski definition) is 3. The molecule has 39 heavy (non-hydrogen) atoms. The zero-order chi connectivity index (χ0) is 27.2. The van der Waals surface area contributed by atoms with Crippen LogP contribution in [0.1, 0.15) is 40.9 Å². The largest absolute Gasteiger partial charge is 0.446 e. The Labute approximate surface area is 224 Å². The molecule has 2 atom stereocenters. The van der Waals surface area contributed by atoms with Crippen molar-refractivity contribution < 1.29 is 28.9 Å². The van der Waals surface area contributed by atoms with Crippen LogP contribution >= 0.6 is 0 Å². The molecule has 1 unspecified atom stereocenters. The average Bonchev–Trinajstić information content (AvgIpc) is 3.56. The normalized spacial score (nSPS) is 21.8. The molecule has 2 aliphatic heterocycles. The first-order chi connectivity index (χ1) is 18.7. The van der Waals surface area contributed by atoms with Crippen molar-refractivity contribution in [1.29, 1.82) is 0 Å². The molecule has 0 aliphatic carbocycles. The van der Waals surface area contributed by atoms with Crippen molar-refractivity contribution in [1.82, 2.24) is 14.9 Å². The molecule has 2 amide bonds. The van der Waals surface area contributed by atoms with Crippen molar-refractivity contribution >= 4 is 29.0 Å². The van der Waals surface area contributed by atoms with Crippen LogP contribution in [-0.4, -0.2) is 57.1 Å². The first kappa shape index (κ1) is 25.1. The predicted octanol–water partition coefficient (Wildman–Crippen LogP) is 4.11. The van der Waals surface area contributed by atoms with Crippen LogP contribution in [0.5, 0.6) is 0 Å². The maximum absolute atomic E-state index is 13.4. The van der Waals surface area contributed by atoms with Gasteiger partial charge in [0.25, 0.3) is 5.91 Å². The van der Waals surface area contributed by atoms with Crippen LogP contribution in [0.15, 0.2) is 72.8 Å². The fraction of sp³-hybridized carbons (Fsp3) is 0.276. The van der Waals surface area contributed by atoms with E-state index >= 15 is 0 Å². The van der Waals surface area contributed by atoms with Gasteiger partial charge in [-0.3, -0.25) is 15.0 Å². The molecule has 10 heteroatoms. The van der Waals surface area contributed by atoms with E-state index in [2.05, 4.69) is 15.3 Å². The number of imidazole rings is 1. The number of nitrogens with one attached hydrogen (secondary N) is 2. The summed E-state index contributed by atoms with van der Waals surface area (Å²) in [4.78, 5) is 34.7. The molecule has 1 saturated heterocycles. The van der Waals surface area contributed by atoms with E-state index in [4.69, 9.17) is 14.2 Å². The Morgan fingerprint density at radius 2 is 1.92 bits per heavy atom. The summed E-state index contributed by atoms with van der Waals surface area (Å²) in [6, 6.07) is 21.8. The molecule has 0 radical (unpaired) electrons. The van der Waals surface area contributed by atoms with Gasteiger partial charge in [0.2, 0.25) is 5.95 Å². The number of carbonyl (C=O) groups is 2. The van der Waals surface area contributed by atoms with Crippen molar-refractivity contribution in [2.45, 2.75) is 38.0 Å². The highest BCUT2D eigenvalue weighted by molar-refractivity contribution is 6.00. The lowest BCUT2D eigenvalue weighted by molar-refractivity contribution is -0.142. The first-order valence-electron chi connectivity index (χ1n) is 12.7. The molecule has 3 heterocycles. The number of nitrogens with zero attached hydrogens (tertiary/aromatic N) is 2. The number of aromatic amines is 1. The molecule has 1 aromatic heterocycles. The lowest BCUT2D eigenvalue weighted by Crippen LogP contribution is -2.44. The Morgan fingerprint density at radius 1 is 1.15 bits per heavy atom. The van der Waals surface area contributed by atoms with Gasteiger partial charge >= 0.3 is 6.09 Å². The summed E-state index contributed by atoms with van der Waals surface area (Å²) in [5, 5.41) is 14.8. The van der Waals surface area contributed by atoms with Crippen LogP contribution < -0.4 is 5.32 Å². The maximum Gasteiger partial charge on any atom is 0.414 e. The van der Waals surface area contributed by atoms with E-state index in [1.807, 2.05) is 30.3 Å². The molecule has 6 rings (SSSR count). The number of aliphatic hydroxyl groups is 1. The average molecular weight is 529 g/mol. The predicted molar refractivity (Wildman–Crippen MR) is 142 cm³/mol. The van der Waals surface area contributed by atoms with Crippen molar-refractivity contribution in [3.05, 3.63) is 95.1 Å². The Balaban J connectivity index is 1.25. The number of carbonyl (C=O) groups excluding carboxylic acids is 2. The lowest BCUT2D eigenvalue weighted by Gasteiger charge is -2.35. The van der Waals surface area contributed by atoms with Gasteiger partial charge in [0, 0.05) is 23.2 Å². The number of ether oxygens (including phenoxy) is 3. The standard InChI is InChI=1S/C29H28N4O6/c1-28(2)38-17-20(39-28)16-37-27(35)32-26-30-23-13-12-19(14-24(23)31-26)29(36)22-11-7-6-10-21(22)25(34)33(29)15-18-8-4-3-5-9-18/h3-14,20,36H,15-17H2,1-2H3,(H2,30,31,32,35)/t20-,29?/m1/s1. The van der Waals surface area contributed by atoms with Crippen molar-refractivity contribution in [2.75, 3.05) is 18.5 Å². The Bertz CT molecular complexity index is 1550. The molecule has 3 N–H and O–H groups in total. The second-order valence-electron chi connectivity index (χ2n) is 10.1. The van der Waals surface area contributed by atoms with Gasteiger partial charge in [0.05, 0.1) is 17.6 Å². The summed E-state index contributed by atoms with van der Waals surface area (Å²) in [6.45, 7) is 4.19. The molecule has 0 spiro atoms. The fourth-order valence-corrected chi connectivity index (χ4v) is 5.11. The minimum Gasteiger partial charge on any atom is -0.446 e. The molecule has 200 valence electrons. The Hall–Kier alpha value is -4.25. The van der Waals surface area contributed by atoms with E-state index in [0.29, 0.717) is 34.3 Å². The summed E-state index contributed by atoms with van der Waals surface area (Å²) >= 11 is 0. The lowest BCUT2D eigenvalue weighted by atomic mass is 9.93. The Morgan fingerprint density at radius 3 is 2.69 bits per heavy atom. The molecular formula is C29H28N4O6. The van der Waals surface area contributed by atoms with E-state index in [1.165, 1.54) is 4.90 Å². The van der Waals surface area contributed by atoms with Crippen LogP contribution in [0.3, 0.4) is 0 Å². The third-order valence-corrected chi connectivity index (χ3v) is 6.92. The zero-order valence-electron chi connectivity index (χ0n) is 21.5. The number of rotatable bonds is 6. The minimum atomic E-state index is -1.70. The molecule has 4 aromatic rings. The maximum atomic E-state index is 13.4. The number of aromatic nitrogens is 2. The molecule has 0 bridgehead atoms. The van der Waals surface area contributed by atoms with E-state index in [0.717, 1.165) is 5.56 Å². The van der Waals surface area contributed by atoms with Gasteiger partial charge in [-0.05, 0) is 37.6 Å². The van der Waals surface area contributed by atoms with Gasteiger partial charge < -0.3 is 24.3 Å². The summed E-state index contributed by atoms with van der Waals surface area (Å²) < 4.78 is 16.4. The summed E-state index contributed by atoms with van der Waals surface area (Å²) in [5.41, 5.74) is 1.78. The van der Waals surface area contributed by atoms with Gasteiger partial charge in [0.15, 0.2) is 11.5 Å². The minimum absolute atomic E-state index is 0.0390. The third kappa shape index (κ3) is 4.63. The highest BCUT2D eigenvalue weighted by Gasteiger charge is 2.49. The monoisotopic (exact) mass is 528 g/mol. The molecule has 2 aliphatic rings. The van der Waals surface area contributed by atoms with Crippen LogP contribution in [0.4, 0.5) is 10.7 Å². The fourth-order valence-electron chi connectivity index (χ4n) is 5.11. The van der Waals surface area contributed by atoms with Gasteiger partial charge in [-0.25, -0.2) is 9.78 Å². The number of fused-ring (bicyclic) bond motifs is 2. The van der Waals surface area contributed by atoms with E-state index < -0.39 is 17.6 Å². The quantitative estimate of drug-likeness (QED) is 0.344. The second-order valence-corrected chi connectivity index (χ2v) is 10.1.